The van der Waals surface area contributed by atoms with Crippen LogP contribution in [0.4, 0.5) is 8.78 Å². The molecule has 1 rings (SSSR count). The minimum atomic E-state index is -0.803. The highest BCUT2D eigenvalue weighted by Gasteiger charge is 2.15. The molecule has 0 aromatic heterocycles. The number of carbonyl (C=O) groups excluding carboxylic acids is 1. The maximum absolute atomic E-state index is 13.9. The van der Waals surface area contributed by atoms with Gasteiger partial charge >= 0.3 is 0 Å². The Morgan fingerprint density at radius 3 is 2.38 bits per heavy atom. The maximum Gasteiger partial charge on any atom is 0.260 e. The zero-order chi connectivity index (χ0) is 16.0. The molecular formula is C15H22F2N2O2. The highest BCUT2D eigenvalue weighted by Crippen LogP contribution is 2.23. The Labute approximate surface area is 124 Å². The molecule has 1 aromatic rings. The molecule has 0 aliphatic carbocycles. The van der Waals surface area contributed by atoms with E-state index in [4.69, 9.17) is 4.74 Å². The lowest BCUT2D eigenvalue weighted by Crippen LogP contribution is -2.31. The summed E-state index contributed by atoms with van der Waals surface area (Å²) in [6.07, 6.45) is 0. The minimum absolute atomic E-state index is 0.217. The molecule has 0 unspecified atom stereocenters. The lowest BCUT2D eigenvalue weighted by molar-refractivity contribution is -0.131. The van der Waals surface area contributed by atoms with Gasteiger partial charge in [-0.3, -0.25) is 4.79 Å². The summed E-state index contributed by atoms with van der Waals surface area (Å²) in [7, 11) is 1.60. The van der Waals surface area contributed by atoms with Gasteiger partial charge in [0.2, 0.25) is 0 Å². The monoisotopic (exact) mass is 300 g/mol. The highest BCUT2D eigenvalue weighted by atomic mass is 19.1. The molecule has 21 heavy (non-hydrogen) atoms. The van der Waals surface area contributed by atoms with Crippen molar-refractivity contribution in [1.29, 1.82) is 0 Å². The average molecular weight is 300 g/mol. The van der Waals surface area contributed by atoms with Crippen LogP contribution >= 0.6 is 0 Å². The van der Waals surface area contributed by atoms with Crippen molar-refractivity contribution in [2.75, 3.05) is 20.2 Å². The van der Waals surface area contributed by atoms with E-state index in [1.54, 1.807) is 14.0 Å². The van der Waals surface area contributed by atoms with Crippen LogP contribution in [0.5, 0.6) is 5.75 Å². The van der Waals surface area contributed by atoms with Crippen LogP contribution in [0.1, 0.15) is 26.3 Å². The van der Waals surface area contributed by atoms with Gasteiger partial charge in [-0.15, -0.1) is 0 Å². The van der Waals surface area contributed by atoms with Crippen LogP contribution in [0, 0.1) is 11.6 Å². The van der Waals surface area contributed by atoms with Crippen molar-refractivity contribution in [3.05, 3.63) is 29.3 Å². The molecule has 0 fully saturated rings. The number of ether oxygens (including phenoxy) is 1. The highest BCUT2D eigenvalue weighted by molar-refractivity contribution is 5.77. The molecule has 6 heteroatoms. The Balaban J connectivity index is 2.73. The minimum Gasteiger partial charge on any atom is -0.478 e. The Hall–Kier alpha value is -1.69. The number of nitrogens with zero attached hydrogens (tertiary/aromatic N) is 1. The number of nitrogens with one attached hydrogen (secondary N) is 1. The van der Waals surface area contributed by atoms with Gasteiger partial charge in [0.1, 0.15) is 0 Å². The molecule has 0 saturated heterocycles. The first kappa shape index (κ1) is 17.4. The van der Waals surface area contributed by atoms with Gasteiger partial charge < -0.3 is 15.0 Å². The number of benzene rings is 1. The fourth-order valence-corrected chi connectivity index (χ4v) is 1.59. The van der Waals surface area contributed by atoms with Crippen molar-refractivity contribution in [2.24, 2.45) is 0 Å². The molecule has 0 aliphatic rings. The molecule has 0 radical (unpaired) electrons. The Morgan fingerprint density at radius 1 is 1.33 bits per heavy atom. The van der Waals surface area contributed by atoms with Crippen molar-refractivity contribution >= 4 is 5.91 Å². The smallest absolute Gasteiger partial charge is 0.260 e. The Bertz CT molecular complexity index is 470. The van der Waals surface area contributed by atoms with Crippen molar-refractivity contribution in [1.82, 2.24) is 10.2 Å². The van der Waals surface area contributed by atoms with Gasteiger partial charge in [0.15, 0.2) is 24.0 Å². The van der Waals surface area contributed by atoms with Gasteiger partial charge in [-0.25, -0.2) is 8.78 Å². The molecule has 1 aromatic carbocycles. The van der Waals surface area contributed by atoms with Crippen LogP contribution in [0.2, 0.25) is 0 Å². The number of hydrogen-bond acceptors (Lipinski definition) is 3. The number of amides is 1. The topological polar surface area (TPSA) is 41.6 Å². The van der Waals surface area contributed by atoms with Gasteiger partial charge in [-0.05, 0) is 24.6 Å². The summed E-state index contributed by atoms with van der Waals surface area (Å²) in [4.78, 5) is 13.0. The van der Waals surface area contributed by atoms with E-state index in [1.165, 1.54) is 17.0 Å². The fourth-order valence-electron chi connectivity index (χ4n) is 1.59. The predicted octanol–water partition coefficient (Wildman–Crippen LogP) is 2.32. The van der Waals surface area contributed by atoms with Crippen molar-refractivity contribution in [3.8, 4) is 5.75 Å². The summed E-state index contributed by atoms with van der Waals surface area (Å²) in [6, 6.07) is 2.64. The van der Waals surface area contributed by atoms with Gasteiger partial charge in [-0.1, -0.05) is 13.8 Å². The standard InChI is InChI=1S/C15H22F2N2O2/c1-5-19(4)14(20)9-21-15-12(16)6-11(7-13(15)17)8-18-10(2)3/h6-7,10,18H,5,8-9H2,1-4H3. The van der Waals surface area contributed by atoms with E-state index in [0.29, 0.717) is 18.7 Å². The number of likely N-dealkylation sites (N-methyl/N-ethyl adjacent to an activating group) is 1. The maximum atomic E-state index is 13.9. The zero-order valence-corrected chi connectivity index (χ0v) is 12.9. The quantitative estimate of drug-likeness (QED) is 0.840. The van der Waals surface area contributed by atoms with E-state index in [0.717, 1.165) is 0 Å². The third-order valence-electron chi connectivity index (χ3n) is 3.01. The number of carbonyl (C=O) groups is 1. The number of hydrogen-bond donors (Lipinski definition) is 1. The summed E-state index contributed by atoms with van der Waals surface area (Å²) in [5.41, 5.74) is 0.489. The second-order valence-corrected chi connectivity index (χ2v) is 5.12. The molecule has 0 heterocycles. The molecule has 0 saturated carbocycles. The first-order valence-corrected chi connectivity index (χ1v) is 6.93. The van der Waals surface area contributed by atoms with E-state index in [1.807, 2.05) is 13.8 Å². The van der Waals surface area contributed by atoms with E-state index < -0.39 is 17.4 Å². The predicted molar refractivity (Wildman–Crippen MR) is 77.1 cm³/mol. The first-order chi connectivity index (χ1) is 9.85. The van der Waals surface area contributed by atoms with E-state index in [9.17, 15) is 13.6 Å². The second kappa shape index (κ2) is 7.93. The molecule has 0 aliphatic heterocycles. The second-order valence-electron chi connectivity index (χ2n) is 5.12. The van der Waals surface area contributed by atoms with Crippen LogP contribution in [-0.4, -0.2) is 37.0 Å². The van der Waals surface area contributed by atoms with Gasteiger partial charge in [0, 0.05) is 26.2 Å². The SMILES string of the molecule is CCN(C)C(=O)COc1c(F)cc(CNC(C)C)cc1F. The van der Waals surface area contributed by atoms with Crippen molar-refractivity contribution in [2.45, 2.75) is 33.4 Å². The summed E-state index contributed by atoms with van der Waals surface area (Å²) in [5.74, 6) is -2.45. The van der Waals surface area contributed by atoms with Gasteiger partial charge in [-0.2, -0.15) is 0 Å². The lowest BCUT2D eigenvalue weighted by Gasteiger charge is -2.16. The largest absolute Gasteiger partial charge is 0.478 e. The van der Waals surface area contributed by atoms with Crippen molar-refractivity contribution in [3.63, 3.8) is 0 Å². The van der Waals surface area contributed by atoms with Crippen LogP contribution in [-0.2, 0) is 11.3 Å². The summed E-state index contributed by atoms with van der Waals surface area (Å²) >= 11 is 0. The van der Waals surface area contributed by atoms with Gasteiger partial charge in [0.25, 0.3) is 5.91 Å². The third-order valence-corrected chi connectivity index (χ3v) is 3.01. The summed E-state index contributed by atoms with van der Waals surface area (Å²) < 4.78 is 32.7. The van der Waals surface area contributed by atoms with Crippen LogP contribution in [0.3, 0.4) is 0 Å². The average Bonchev–Trinajstić information content (AvgIpc) is 2.42. The summed E-state index contributed by atoms with van der Waals surface area (Å²) in [6.45, 7) is 6.17. The molecular weight excluding hydrogens is 278 g/mol. The Kier molecular flexibility index (Phi) is 6.55. The normalized spacial score (nSPS) is 10.8. The zero-order valence-electron chi connectivity index (χ0n) is 12.9. The third kappa shape index (κ3) is 5.30. The first-order valence-electron chi connectivity index (χ1n) is 6.93. The lowest BCUT2D eigenvalue weighted by atomic mass is 10.2. The molecule has 1 N–H and O–H groups in total. The van der Waals surface area contributed by atoms with Crippen molar-refractivity contribution < 1.29 is 18.3 Å². The van der Waals surface area contributed by atoms with Crippen LogP contribution in [0.15, 0.2) is 12.1 Å². The van der Waals surface area contributed by atoms with Crippen LogP contribution < -0.4 is 10.1 Å². The van der Waals surface area contributed by atoms with Gasteiger partial charge in [0.05, 0.1) is 0 Å². The molecule has 4 nitrogen and oxygen atoms in total. The van der Waals surface area contributed by atoms with Crippen LogP contribution in [0.25, 0.3) is 0 Å². The molecule has 0 atom stereocenters. The van der Waals surface area contributed by atoms with E-state index in [-0.39, 0.29) is 18.6 Å². The number of rotatable bonds is 7. The molecule has 1 amide bonds. The van der Waals surface area contributed by atoms with E-state index >= 15 is 0 Å². The van der Waals surface area contributed by atoms with E-state index in [2.05, 4.69) is 5.32 Å². The number of halogens is 2. The molecule has 0 bridgehead atoms. The fraction of sp³-hybridized carbons (Fsp3) is 0.533. The Morgan fingerprint density at radius 2 is 1.90 bits per heavy atom. The molecule has 118 valence electrons. The molecule has 0 spiro atoms. The summed E-state index contributed by atoms with van der Waals surface area (Å²) in [5, 5.41) is 3.07.